The second-order valence-corrected chi connectivity index (χ2v) is 4.09. The predicted octanol–water partition coefficient (Wildman–Crippen LogP) is 1.01. The van der Waals surface area contributed by atoms with E-state index in [0.29, 0.717) is 32.5 Å². The predicted molar refractivity (Wildman–Crippen MR) is 69.9 cm³/mol. The van der Waals surface area contributed by atoms with Crippen LogP contribution >= 0.6 is 0 Å². The summed E-state index contributed by atoms with van der Waals surface area (Å²) in [6.07, 6.45) is 1.14. The molecular weight excluding hydrogens is 230 g/mol. The van der Waals surface area contributed by atoms with E-state index in [1.54, 1.807) is 0 Å². The second-order valence-electron chi connectivity index (χ2n) is 4.09. The van der Waals surface area contributed by atoms with E-state index in [-0.39, 0.29) is 6.03 Å². The molecule has 0 saturated heterocycles. The van der Waals surface area contributed by atoms with E-state index in [0.717, 1.165) is 16.0 Å². The van der Waals surface area contributed by atoms with Crippen LogP contribution in [-0.4, -0.2) is 30.4 Å². The molecule has 1 aromatic rings. The van der Waals surface area contributed by atoms with Crippen molar-refractivity contribution in [1.82, 2.24) is 10.2 Å². The van der Waals surface area contributed by atoms with Gasteiger partial charge in [0.1, 0.15) is 0 Å². The van der Waals surface area contributed by atoms with Crippen LogP contribution in [0.3, 0.4) is 0 Å². The van der Waals surface area contributed by atoms with Crippen LogP contribution in [0, 0.1) is 6.92 Å². The Bertz CT molecular complexity index is 407. The molecule has 1 aromatic carbocycles. The van der Waals surface area contributed by atoms with Crippen molar-refractivity contribution in [2.75, 3.05) is 13.1 Å². The topological polar surface area (TPSA) is 75.4 Å². The van der Waals surface area contributed by atoms with Crippen molar-refractivity contribution >= 4 is 12.4 Å². The van der Waals surface area contributed by atoms with Gasteiger partial charge in [0.15, 0.2) is 0 Å². The summed E-state index contributed by atoms with van der Waals surface area (Å²) in [5, 5.41) is 2.70. The van der Waals surface area contributed by atoms with Crippen LogP contribution in [-0.2, 0) is 11.3 Å². The van der Waals surface area contributed by atoms with Gasteiger partial charge in [-0.25, -0.2) is 4.79 Å². The number of hydrogen-bond donors (Lipinski definition) is 2. The van der Waals surface area contributed by atoms with Gasteiger partial charge in [0.2, 0.25) is 6.41 Å². The number of carbonyl (C=O) groups is 2. The second kappa shape index (κ2) is 7.45. The Morgan fingerprint density at radius 1 is 1.50 bits per heavy atom. The number of imide groups is 1. The van der Waals surface area contributed by atoms with Crippen molar-refractivity contribution in [3.63, 3.8) is 0 Å². The quantitative estimate of drug-likeness (QED) is 0.739. The molecule has 0 unspecified atom stereocenters. The molecular formula is C13H19N3O2. The highest BCUT2D eigenvalue weighted by atomic mass is 16.2. The summed E-state index contributed by atoms with van der Waals surface area (Å²) < 4.78 is 0. The zero-order valence-electron chi connectivity index (χ0n) is 10.6. The molecule has 0 aliphatic heterocycles. The smallest absolute Gasteiger partial charge is 0.324 e. The Labute approximate surface area is 107 Å². The van der Waals surface area contributed by atoms with Crippen LogP contribution in [0.4, 0.5) is 4.79 Å². The van der Waals surface area contributed by atoms with Crippen LogP contribution in [0.2, 0.25) is 0 Å². The third-order valence-electron chi connectivity index (χ3n) is 2.52. The molecule has 0 aliphatic rings. The molecule has 98 valence electrons. The lowest BCUT2D eigenvalue weighted by atomic mass is 10.1. The Morgan fingerprint density at radius 2 is 2.28 bits per heavy atom. The summed E-state index contributed by atoms with van der Waals surface area (Å²) in [5.74, 6) is 0. The standard InChI is InChI=1S/C13H19N3O2/c1-11-4-2-5-12(8-11)9-15-13(18)16(10-17)7-3-6-14/h2,4-5,8,10H,3,6-7,9,14H2,1H3,(H,15,18). The zero-order chi connectivity index (χ0) is 13.4. The van der Waals surface area contributed by atoms with Gasteiger partial charge in [-0.15, -0.1) is 0 Å². The summed E-state index contributed by atoms with van der Waals surface area (Å²) >= 11 is 0. The van der Waals surface area contributed by atoms with Gasteiger partial charge in [-0.2, -0.15) is 0 Å². The lowest BCUT2D eigenvalue weighted by Crippen LogP contribution is -2.39. The van der Waals surface area contributed by atoms with Gasteiger partial charge >= 0.3 is 6.03 Å². The molecule has 5 heteroatoms. The van der Waals surface area contributed by atoms with Crippen LogP contribution in [0.1, 0.15) is 17.5 Å². The van der Waals surface area contributed by atoms with E-state index >= 15 is 0 Å². The number of nitrogens with zero attached hydrogens (tertiary/aromatic N) is 1. The van der Waals surface area contributed by atoms with E-state index in [1.807, 2.05) is 31.2 Å². The third kappa shape index (κ3) is 4.55. The minimum absolute atomic E-state index is 0.347. The number of nitrogens with two attached hydrogens (primary N) is 1. The first-order valence-corrected chi connectivity index (χ1v) is 5.92. The highest BCUT2D eigenvalue weighted by molar-refractivity contribution is 5.84. The molecule has 0 aliphatic carbocycles. The van der Waals surface area contributed by atoms with E-state index in [9.17, 15) is 9.59 Å². The minimum atomic E-state index is -0.389. The van der Waals surface area contributed by atoms with Crippen molar-refractivity contribution < 1.29 is 9.59 Å². The van der Waals surface area contributed by atoms with Crippen molar-refractivity contribution in [2.24, 2.45) is 5.73 Å². The fourth-order valence-corrected chi connectivity index (χ4v) is 1.57. The molecule has 0 spiro atoms. The Hall–Kier alpha value is -1.88. The first-order chi connectivity index (χ1) is 8.67. The van der Waals surface area contributed by atoms with Crippen molar-refractivity contribution in [3.05, 3.63) is 35.4 Å². The molecule has 0 bridgehead atoms. The van der Waals surface area contributed by atoms with E-state index in [1.165, 1.54) is 0 Å². The third-order valence-corrected chi connectivity index (χ3v) is 2.52. The van der Waals surface area contributed by atoms with E-state index in [2.05, 4.69) is 5.32 Å². The summed E-state index contributed by atoms with van der Waals surface area (Å²) in [5.41, 5.74) is 7.48. The Kier molecular flexibility index (Phi) is 5.87. The summed E-state index contributed by atoms with van der Waals surface area (Å²) in [6.45, 7) is 3.20. The zero-order valence-corrected chi connectivity index (χ0v) is 10.6. The number of nitrogens with one attached hydrogen (secondary N) is 1. The summed E-state index contributed by atoms with van der Waals surface area (Å²) in [7, 11) is 0. The maximum atomic E-state index is 11.7. The van der Waals surface area contributed by atoms with Crippen LogP contribution in [0.15, 0.2) is 24.3 Å². The van der Waals surface area contributed by atoms with Gasteiger partial charge in [0.25, 0.3) is 0 Å². The molecule has 5 nitrogen and oxygen atoms in total. The van der Waals surface area contributed by atoms with Crippen LogP contribution in [0.5, 0.6) is 0 Å². The largest absolute Gasteiger partial charge is 0.334 e. The molecule has 0 radical (unpaired) electrons. The molecule has 3 amide bonds. The fraction of sp³-hybridized carbons (Fsp3) is 0.385. The summed E-state index contributed by atoms with van der Waals surface area (Å²) in [6, 6.07) is 7.46. The highest BCUT2D eigenvalue weighted by Crippen LogP contribution is 2.03. The molecule has 18 heavy (non-hydrogen) atoms. The van der Waals surface area contributed by atoms with Crippen molar-refractivity contribution in [1.29, 1.82) is 0 Å². The Balaban J connectivity index is 2.46. The molecule has 0 fully saturated rings. The van der Waals surface area contributed by atoms with Gasteiger partial charge in [0, 0.05) is 13.1 Å². The average molecular weight is 249 g/mol. The van der Waals surface area contributed by atoms with E-state index < -0.39 is 0 Å². The first-order valence-electron chi connectivity index (χ1n) is 5.92. The molecule has 3 N–H and O–H groups in total. The lowest BCUT2D eigenvalue weighted by Gasteiger charge is -2.15. The van der Waals surface area contributed by atoms with E-state index in [4.69, 9.17) is 5.73 Å². The number of benzene rings is 1. The van der Waals surface area contributed by atoms with Gasteiger partial charge in [-0.3, -0.25) is 9.69 Å². The lowest BCUT2D eigenvalue weighted by molar-refractivity contribution is -0.115. The monoisotopic (exact) mass is 249 g/mol. The average Bonchev–Trinajstić information content (AvgIpc) is 2.37. The van der Waals surface area contributed by atoms with Crippen LogP contribution < -0.4 is 11.1 Å². The molecule has 0 heterocycles. The number of amides is 3. The first kappa shape index (κ1) is 14.2. The SMILES string of the molecule is Cc1cccc(CNC(=O)N(C=O)CCCN)c1. The van der Waals surface area contributed by atoms with Gasteiger partial charge < -0.3 is 11.1 Å². The minimum Gasteiger partial charge on any atom is -0.334 e. The fourth-order valence-electron chi connectivity index (χ4n) is 1.57. The maximum Gasteiger partial charge on any atom is 0.324 e. The van der Waals surface area contributed by atoms with Crippen LogP contribution in [0.25, 0.3) is 0 Å². The van der Waals surface area contributed by atoms with Crippen molar-refractivity contribution in [3.8, 4) is 0 Å². The number of hydrogen-bond acceptors (Lipinski definition) is 3. The maximum absolute atomic E-state index is 11.7. The molecule has 0 aromatic heterocycles. The number of urea groups is 1. The number of aryl methyl sites for hydroxylation is 1. The van der Waals surface area contributed by atoms with Gasteiger partial charge in [0.05, 0.1) is 0 Å². The number of rotatable bonds is 6. The van der Waals surface area contributed by atoms with Crippen molar-refractivity contribution in [2.45, 2.75) is 19.9 Å². The van der Waals surface area contributed by atoms with Gasteiger partial charge in [-0.05, 0) is 25.5 Å². The molecule has 0 saturated carbocycles. The molecule has 1 rings (SSSR count). The van der Waals surface area contributed by atoms with Gasteiger partial charge in [-0.1, -0.05) is 29.8 Å². The normalized spacial score (nSPS) is 9.89. The summed E-state index contributed by atoms with van der Waals surface area (Å²) in [4.78, 5) is 23.5. The number of carbonyl (C=O) groups excluding carboxylic acids is 2. The highest BCUT2D eigenvalue weighted by Gasteiger charge is 2.10. The molecule has 0 atom stereocenters. The Morgan fingerprint density at radius 3 is 2.89 bits per heavy atom.